The van der Waals surface area contributed by atoms with E-state index in [9.17, 15) is 14.0 Å². The minimum Gasteiger partial charge on any atom is -0.382 e. The number of amides is 1. The fourth-order valence-electron chi connectivity index (χ4n) is 2.99. The van der Waals surface area contributed by atoms with Crippen molar-refractivity contribution in [1.29, 1.82) is 0 Å². The third kappa shape index (κ3) is 3.81. The largest absolute Gasteiger partial charge is 0.419 e. The molecule has 1 amide bonds. The maximum Gasteiger partial charge on any atom is 0.419 e. The van der Waals surface area contributed by atoms with Crippen LogP contribution in [0, 0.1) is 5.82 Å². The molecule has 156 valence electrons. The molecule has 0 spiro atoms. The summed E-state index contributed by atoms with van der Waals surface area (Å²) in [5, 5.41) is 6.47. The van der Waals surface area contributed by atoms with Gasteiger partial charge in [-0.15, -0.1) is 0 Å². The quantitative estimate of drug-likeness (QED) is 0.321. The number of hydrogen-bond donors (Lipinski definition) is 3. The zero-order valence-corrected chi connectivity index (χ0v) is 15.8. The van der Waals surface area contributed by atoms with E-state index in [-0.39, 0.29) is 41.9 Å². The molecule has 0 radical (unpaired) electrons. The molecule has 0 aliphatic rings. The minimum atomic E-state index is -1.09. The number of nitrogens with two attached hydrogens (primary N) is 2. The van der Waals surface area contributed by atoms with Gasteiger partial charge in [0.15, 0.2) is 17.5 Å². The van der Waals surface area contributed by atoms with E-state index in [0.717, 1.165) is 0 Å². The number of carbonyl (C=O) groups excluding carboxylic acids is 2. The Morgan fingerprint density at radius 3 is 2.58 bits per heavy atom. The molecule has 0 unspecified atom stereocenters. The van der Waals surface area contributed by atoms with Crippen LogP contribution in [0.25, 0.3) is 17.0 Å². The zero-order chi connectivity index (χ0) is 22.0. The Morgan fingerprint density at radius 2 is 1.87 bits per heavy atom. The Bertz CT molecular complexity index is 1280. The SMILES string of the molecule is Nc1nc(-c2nc(Cc3ccccc3F)n3ncccc23)nc(N)c1NC(=O)OC=O. The molecule has 0 fully saturated rings. The van der Waals surface area contributed by atoms with Crippen molar-refractivity contribution >= 4 is 35.4 Å². The second-order valence-corrected chi connectivity index (χ2v) is 6.28. The van der Waals surface area contributed by atoms with Crippen LogP contribution in [-0.2, 0) is 16.0 Å². The van der Waals surface area contributed by atoms with E-state index in [1.54, 1.807) is 41.0 Å². The van der Waals surface area contributed by atoms with Gasteiger partial charge in [-0.2, -0.15) is 5.10 Å². The second kappa shape index (κ2) is 8.02. The average molecular weight is 422 g/mol. The van der Waals surface area contributed by atoms with Crippen LogP contribution in [0.2, 0.25) is 0 Å². The summed E-state index contributed by atoms with van der Waals surface area (Å²) in [5.74, 6) is -0.154. The number of benzene rings is 1. The van der Waals surface area contributed by atoms with Crippen molar-refractivity contribution in [1.82, 2.24) is 24.6 Å². The lowest BCUT2D eigenvalue weighted by atomic mass is 10.1. The number of anilines is 3. The van der Waals surface area contributed by atoms with Crippen LogP contribution in [-0.4, -0.2) is 37.1 Å². The highest BCUT2D eigenvalue weighted by atomic mass is 19.1. The van der Waals surface area contributed by atoms with Gasteiger partial charge < -0.3 is 16.2 Å². The summed E-state index contributed by atoms with van der Waals surface area (Å²) < 4.78 is 19.8. The molecule has 4 rings (SSSR count). The molecule has 12 heteroatoms. The van der Waals surface area contributed by atoms with E-state index in [2.05, 4.69) is 30.1 Å². The highest BCUT2D eigenvalue weighted by molar-refractivity contribution is 5.95. The van der Waals surface area contributed by atoms with Gasteiger partial charge in [0.1, 0.15) is 23.0 Å². The highest BCUT2D eigenvalue weighted by Crippen LogP contribution is 2.29. The summed E-state index contributed by atoms with van der Waals surface area (Å²) in [6.07, 6.45) is 0.652. The molecule has 0 aliphatic carbocycles. The first kappa shape index (κ1) is 19.7. The fraction of sp³-hybridized carbons (Fsp3) is 0.0526. The van der Waals surface area contributed by atoms with Crippen LogP contribution in [0.1, 0.15) is 11.4 Å². The van der Waals surface area contributed by atoms with Gasteiger partial charge in [-0.1, -0.05) is 18.2 Å². The number of imidazole rings is 1. The van der Waals surface area contributed by atoms with Crippen LogP contribution in [0.4, 0.5) is 26.5 Å². The predicted molar refractivity (Wildman–Crippen MR) is 108 cm³/mol. The molecular weight excluding hydrogens is 407 g/mol. The van der Waals surface area contributed by atoms with Crippen molar-refractivity contribution in [2.24, 2.45) is 0 Å². The Labute approximate surface area is 173 Å². The fourth-order valence-corrected chi connectivity index (χ4v) is 2.99. The molecule has 4 aromatic rings. The van der Waals surface area contributed by atoms with Crippen molar-refractivity contribution in [2.45, 2.75) is 6.42 Å². The van der Waals surface area contributed by atoms with Gasteiger partial charge in [-0.05, 0) is 23.8 Å². The van der Waals surface area contributed by atoms with Crippen molar-refractivity contribution < 1.29 is 18.7 Å². The molecular formula is C19H15FN8O3. The van der Waals surface area contributed by atoms with Crippen molar-refractivity contribution in [3.05, 3.63) is 59.8 Å². The normalized spacial score (nSPS) is 10.7. The monoisotopic (exact) mass is 422 g/mol. The van der Waals surface area contributed by atoms with Crippen molar-refractivity contribution in [2.75, 3.05) is 16.8 Å². The Hall–Kier alpha value is -4.61. The number of carbonyl (C=O) groups is 2. The molecule has 0 bridgehead atoms. The van der Waals surface area contributed by atoms with Crippen LogP contribution in [0.5, 0.6) is 0 Å². The molecule has 0 saturated carbocycles. The smallest absolute Gasteiger partial charge is 0.382 e. The van der Waals surface area contributed by atoms with Crippen LogP contribution in [0.15, 0.2) is 42.6 Å². The first-order valence-corrected chi connectivity index (χ1v) is 8.88. The Morgan fingerprint density at radius 1 is 1.13 bits per heavy atom. The van der Waals surface area contributed by atoms with E-state index >= 15 is 0 Å². The van der Waals surface area contributed by atoms with E-state index in [4.69, 9.17) is 11.5 Å². The standard InChI is InChI=1S/C19H15FN8O3/c20-11-5-2-1-4-10(11)8-13-24-14(12-6-3-7-23-28(12)13)18-26-16(21)15(17(22)27-18)25-19(30)31-9-29/h1-7,9H,8H2,(H,25,30)(H4,21,22,26,27). The van der Waals surface area contributed by atoms with Gasteiger partial charge in [-0.25, -0.2) is 28.7 Å². The van der Waals surface area contributed by atoms with Gasteiger partial charge in [0, 0.05) is 12.6 Å². The first-order valence-electron chi connectivity index (χ1n) is 8.88. The zero-order valence-electron chi connectivity index (χ0n) is 15.8. The van der Waals surface area contributed by atoms with Gasteiger partial charge in [-0.3, -0.25) is 10.1 Å². The number of rotatable bonds is 5. The summed E-state index contributed by atoms with van der Waals surface area (Å²) >= 11 is 0. The summed E-state index contributed by atoms with van der Waals surface area (Å²) in [4.78, 5) is 34.6. The van der Waals surface area contributed by atoms with Crippen LogP contribution in [0.3, 0.4) is 0 Å². The van der Waals surface area contributed by atoms with Gasteiger partial charge in [0.25, 0.3) is 0 Å². The number of hydrogen-bond acceptors (Lipinski definition) is 9. The van der Waals surface area contributed by atoms with Crippen LogP contribution < -0.4 is 16.8 Å². The second-order valence-electron chi connectivity index (χ2n) is 6.28. The molecule has 3 aromatic heterocycles. The molecule has 0 atom stereocenters. The summed E-state index contributed by atoms with van der Waals surface area (Å²) in [6, 6.07) is 9.80. The molecule has 0 saturated heterocycles. The predicted octanol–water partition coefficient (Wildman–Crippen LogP) is 1.79. The number of aromatic nitrogens is 5. The van der Waals surface area contributed by atoms with E-state index in [0.29, 0.717) is 22.6 Å². The number of ether oxygens (including phenoxy) is 1. The molecule has 1 aromatic carbocycles. The van der Waals surface area contributed by atoms with E-state index in [1.807, 2.05) is 0 Å². The molecule has 31 heavy (non-hydrogen) atoms. The Balaban J connectivity index is 1.77. The lowest BCUT2D eigenvalue weighted by Crippen LogP contribution is -2.17. The molecule has 11 nitrogen and oxygen atoms in total. The number of fused-ring (bicyclic) bond motifs is 1. The third-order valence-electron chi connectivity index (χ3n) is 4.34. The van der Waals surface area contributed by atoms with E-state index < -0.39 is 6.09 Å². The van der Waals surface area contributed by atoms with E-state index in [1.165, 1.54) is 6.07 Å². The molecule has 3 heterocycles. The number of halogens is 1. The number of nitrogens with zero attached hydrogens (tertiary/aromatic N) is 5. The third-order valence-corrected chi connectivity index (χ3v) is 4.34. The average Bonchev–Trinajstić information content (AvgIpc) is 3.11. The molecule has 0 aliphatic heterocycles. The van der Waals surface area contributed by atoms with Gasteiger partial charge in [0.05, 0.1) is 5.52 Å². The number of nitrogen functional groups attached to an aromatic ring is 2. The lowest BCUT2D eigenvalue weighted by molar-refractivity contribution is -0.122. The summed E-state index contributed by atoms with van der Waals surface area (Å²) in [6.45, 7) is -0.0434. The van der Waals surface area contributed by atoms with Gasteiger partial charge in [0.2, 0.25) is 0 Å². The number of nitrogens with one attached hydrogen (secondary N) is 1. The highest BCUT2D eigenvalue weighted by Gasteiger charge is 2.20. The Kier molecular flexibility index (Phi) is 5.10. The maximum absolute atomic E-state index is 14.1. The first-order chi connectivity index (χ1) is 15.0. The maximum atomic E-state index is 14.1. The summed E-state index contributed by atoms with van der Waals surface area (Å²) in [7, 11) is 0. The summed E-state index contributed by atoms with van der Waals surface area (Å²) in [5.41, 5.74) is 13.0. The lowest BCUT2D eigenvalue weighted by Gasteiger charge is -2.09. The van der Waals surface area contributed by atoms with Crippen molar-refractivity contribution in [3.63, 3.8) is 0 Å². The molecule has 5 N–H and O–H groups in total. The van der Waals surface area contributed by atoms with Crippen LogP contribution >= 0.6 is 0 Å². The van der Waals surface area contributed by atoms with Gasteiger partial charge >= 0.3 is 12.6 Å². The topological polar surface area (TPSA) is 163 Å². The van der Waals surface area contributed by atoms with Crippen molar-refractivity contribution in [3.8, 4) is 11.5 Å². The minimum absolute atomic E-state index is 0.0434.